The lowest BCUT2D eigenvalue weighted by molar-refractivity contribution is 0.0951. The minimum atomic E-state index is -0.0187. The summed E-state index contributed by atoms with van der Waals surface area (Å²) < 4.78 is 5.20. The highest BCUT2D eigenvalue weighted by atomic mass is 16.5. The number of aromatic nitrogens is 2. The molecule has 1 aromatic heterocycles. The molecule has 1 aliphatic rings. The highest BCUT2D eigenvalue weighted by Gasteiger charge is 2.23. The average molecular weight is 402 g/mol. The molecule has 0 spiro atoms. The number of nitrogens with one attached hydrogen (secondary N) is 2. The van der Waals surface area contributed by atoms with Crippen molar-refractivity contribution in [2.45, 2.75) is 32.2 Å². The van der Waals surface area contributed by atoms with Gasteiger partial charge in [-0.25, -0.2) is 9.97 Å². The zero-order valence-corrected chi connectivity index (χ0v) is 17.3. The third kappa shape index (κ3) is 4.95. The van der Waals surface area contributed by atoms with E-state index in [0.29, 0.717) is 17.4 Å². The Morgan fingerprint density at radius 2 is 1.83 bits per heavy atom. The van der Waals surface area contributed by atoms with Gasteiger partial charge in [0.1, 0.15) is 11.6 Å². The van der Waals surface area contributed by atoms with Crippen LogP contribution in [0.25, 0.3) is 11.4 Å². The van der Waals surface area contributed by atoms with Crippen LogP contribution in [-0.4, -0.2) is 35.6 Å². The predicted molar refractivity (Wildman–Crippen MR) is 118 cm³/mol. The zero-order valence-electron chi connectivity index (χ0n) is 17.3. The van der Waals surface area contributed by atoms with Gasteiger partial charge in [-0.2, -0.15) is 0 Å². The molecule has 2 aromatic carbocycles. The van der Waals surface area contributed by atoms with Crippen molar-refractivity contribution in [3.05, 3.63) is 71.4 Å². The summed E-state index contributed by atoms with van der Waals surface area (Å²) in [5.74, 6) is 2.31. The summed E-state index contributed by atoms with van der Waals surface area (Å²) >= 11 is 0. The van der Waals surface area contributed by atoms with Crippen LogP contribution in [0.4, 0.5) is 5.82 Å². The molecule has 0 aliphatic heterocycles. The second-order valence-corrected chi connectivity index (χ2v) is 7.58. The molecule has 6 nitrogen and oxygen atoms in total. The fraction of sp³-hybridized carbons (Fsp3) is 0.292. The molecule has 0 saturated heterocycles. The van der Waals surface area contributed by atoms with E-state index in [4.69, 9.17) is 9.72 Å². The number of anilines is 1. The standard InChI is InChI=1S/C24H26N4O2/c1-16-15-26-23(18-5-7-19(8-6-18)24(29)27-20-9-10-20)28-22(16)25-14-13-17-3-11-21(30-2)12-4-17/h3-8,11-12,15,20H,9-10,13-14H2,1-2H3,(H,27,29)(H,25,26,28). The minimum Gasteiger partial charge on any atom is -0.497 e. The zero-order chi connectivity index (χ0) is 20.9. The lowest BCUT2D eigenvalue weighted by Crippen LogP contribution is -2.25. The summed E-state index contributed by atoms with van der Waals surface area (Å²) in [6, 6.07) is 15.9. The topological polar surface area (TPSA) is 76.1 Å². The Labute approximate surface area is 176 Å². The van der Waals surface area contributed by atoms with E-state index in [1.54, 1.807) is 7.11 Å². The van der Waals surface area contributed by atoms with Gasteiger partial charge < -0.3 is 15.4 Å². The summed E-state index contributed by atoms with van der Waals surface area (Å²) in [6.45, 7) is 2.76. The van der Waals surface area contributed by atoms with Crippen LogP contribution in [0.15, 0.2) is 54.7 Å². The van der Waals surface area contributed by atoms with Crippen LogP contribution in [0.1, 0.15) is 34.3 Å². The quantitative estimate of drug-likeness (QED) is 0.595. The molecule has 2 N–H and O–H groups in total. The van der Waals surface area contributed by atoms with Gasteiger partial charge in [0.25, 0.3) is 5.91 Å². The molecule has 30 heavy (non-hydrogen) atoms. The van der Waals surface area contributed by atoms with E-state index in [-0.39, 0.29) is 5.91 Å². The van der Waals surface area contributed by atoms with Crippen LogP contribution in [0.2, 0.25) is 0 Å². The highest BCUT2D eigenvalue weighted by Crippen LogP contribution is 2.22. The smallest absolute Gasteiger partial charge is 0.251 e. The van der Waals surface area contributed by atoms with E-state index in [0.717, 1.165) is 48.5 Å². The summed E-state index contributed by atoms with van der Waals surface area (Å²) in [7, 11) is 1.67. The monoisotopic (exact) mass is 402 g/mol. The van der Waals surface area contributed by atoms with Crippen molar-refractivity contribution < 1.29 is 9.53 Å². The molecule has 1 saturated carbocycles. The van der Waals surface area contributed by atoms with Crippen LogP contribution in [0.5, 0.6) is 5.75 Å². The predicted octanol–water partition coefficient (Wildman–Crippen LogP) is 4.01. The molecule has 0 bridgehead atoms. The number of carbonyl (C=O) groups excluding carboxylic acids is 1. The second kappa shape index (κ2) is 8.95. The summed E-state index contributed by atoms with van der Waals surface area (Å²) in [4.78, 5) is 21.3. The highest BCUT2D eigenvalue weighted by molar-refractivity contribution is 5.95. The van der Waals surface area contributed by atoms with E-state index in [1.807, 2.05) is 49.5 Å². The molecule has 1 heterocycles. The molecule has 0 atom stereocenters. The van der Waals surface area contributed by atoms with Crippen molar-refractivity contribution in [1.29, 1.82) is 0 Å². The maximum Gasteiger partial charge on any atom is 0.251 e. The first-order valence-electron chi connectivity index (χ1n) is 10.2. The molecular weight excluding hydrogens is 376 g/mol. The Balaban J connectivity index is 1.40. The van der Waals surface area contributed by atoms with Crippen molar-refractivity contribution in [2.75, 3.05) is 19.0 Å². The SMILES string of the molecule is COc1ccc(CCNc2nc(-c3ccc(C(=O)NC4CC4)cc3)ncc2C)cc1. The maximum atomic E-state index is 12.2. The van der Waals surface area contributed by atoms with Gasteiger partial charge in [0.2, 0.25) is 0 Å². The Bertz CT molecular complexity index is 1010. The number of nitrogens with zero attached hydrogens (tertiary/aromatic N) is 2. The second-order valence-electron chi connectivity index (χ2n) is 7.58. The number of ether oxygens (including phenoxy) is 1. The van der Waals surface area contributed by atoms with Crippen LogP contribution in [-0.2, 0) is 6.42 Å². The van der Waals surface area contributed by atoms with Gasteiger partial charge in [0, 0.05) is 35.5 Å². The molecule has 3 aromatic rings. The Morgan fingerprint density at radius 1 is 1.10 bits per heavy atom. The third-order valence-corrected chi connectivity index (χ3v) is 5.15. The van der Waals surface area contributed by atoms with Gasteiger partial charge in [-0.3, -0.25) is 4.79 Å². The van der Waals surface area contributed by atoms with E-state index in [2.05, 4.69) is 27.8 Å². The van der Waals surface area contributed by atoms with E-state index in [1.165, 1.54) is 5.56 Å². The molecule has 154 valence electrons. The van der Waals surface area contributed by atoms with Crippen molar-refractivity contribution in [1.82, 2.24) is 15.3 Å². The third-order valence-electron chi connectivity index (χ3n) is 5.15. The number of hydrogen-bond acceptors (Lipinski definition) is 5. The van der Waals surface area contributed by atoms with E-state index in [9.17, 15) is 4.79 Å². The molecule has 1 aliphatic carbocycles. The van der Waals surface area contributed by atoms with E-state index >= 15 is 0 Å². The van der Waals surface area contributed by atoms with Crippen molar-refractivity contribution in [3.8, 4) is 17.1 Å². The van der Waals surface area contributed by atoms with Crippen molar-refractivity contribution >= 4 is 11.7 Å². The molecule has 1 fully saturated rings. The summed E-state index contributed by atoms with van der Waals surface area (Å²) in [5, 5.41) is 6.41. The van der Waals surface area contributed by atoms with Gasteiger partial charge in [-0.05, 0) is 56.0 Å². The van der Waals surface area contributed by atoms with Gasteiger partial charge >= 0.3 is 0 Å². The number of benzene rings is 2. The summed E-state index contributed by atoms with van der Waals surface area (Å²) in [6.07, 6.45) is 4.86. The fourth-order valence-corrected chi connectivity index (χ4v) is 3.14. The molecule has 0 unspecified atom stereocenters. The van der Waals surface area contributed by atoms with Crippen LogP contribution < -0.4 is 15.4 Å². The molecule has 4 rings (SSSR count). The largest absolute Gasteiger partial charge is 0.497 e. The Kier molecular flexibility index (Phi) is 5.93. The summed E-state index contributed by atoms with van der Waals surface area (Å²) in [5.41, 5.74) is 3.77. The number of methoxy groups -OCH3 is 1. The van der Waals surface area contributed by atoms with Gasteiger partial charge in [-0.1, -0.05) is 24.3 Å². The lowest BCUT2D eigenvalue weighted by atomic mass is 10.1. The first kappa shape index (κ1) is 19.9. The van der Waals surface area contributed by atoms with Crippen LogP contribution >= 0.6 is 0 Å². The van der Waals surface area contributed by atoms with Gasteiger partial charge in [0.05, 0.1) is 7.11 Å². The maximum absolute atomic E-state index is 12.2. The molecular formula is C24H26N4O2. The number of carbonyl (C=O) groups is 1. The number of amides is 1. The first-order chi connectivity index (χ1) is 14.6. The van der Waals surface area contributed by atoms with Crippen LogP contribution in [0.3, 0.4) is 0 Å². The van der Waals surface area contributed by atoms with Gasteiger partial charge in [-0.15, -0.1) is 0 Å². The number of rotatable bonds is 8. The van der Waals surface area contributed by atoms with E-state index < -0.39 is 0 Å². The number of aryl methyl sites for hydroxylation is 1. The van der Waals surface area contributed by atoms with Crippen LogP contribution in [0, 0.1) is 6.92 Å². The van der Waals surface area contributed by atoms with Gasteiger partial charge in [0.15, 0.2) is 5.82 Å². The molecule has 6 heteroatoms. The minimum absolute atomic E-state index is 0.0187. The first-order valence-corrected chi connectivity index (χ1v) is 10.2. The molecule has 0 radical (unpaired) electrons. The lowest BCUT2D eigenvalue weighted by Gasteiger charge is -2.11. The van der Waals surface area contributed by atoms with Crippen molar-refractivity contribution in [2.24, 2.45) is 0 Å². The average Bonchev–Trinajstić information content (AvgIpc) is 3.59. The normalized spacial score (nSPS) is 13.0. The van der Waals surface area contributed by atoms with Crippen molar-refractivity contribution in [3.63, 3.8) is 0 Å². The Morgan fingerprint density at radius 3 is 2.50 bits per heavy atom. The Hall–Kier alpha value is -3.41. The fourth-order valence-electron chi connectivity index (χ4n) is 3.14. The number of hydrogen-bond donors (Lipinski definition) is 2. The molecule has 1 amide bonds.